The Morgan fingerprint density at radius 2 is 2.30 bits per heavy atom. The van der Waals surface area contributed by atoms with Gasteiger partial charge in [0.25, 0.3) is 0 Å². The number of aryl methyl sites for hydroxylation is 1. The molecule has 2 amide bonds. The van der Waals surface area contributed by atoms with Crippen LogP contribution in [-0.4, -0.2) is 28.9 Å². The summed E-state index contributed by atoms with van der Waals surface area (Å²) in [5.74, 6) is 3.01. The molecule has 23 heavy (non-hydrogen) atoms. The summed E-state index contributed by atoms with van der Waals surface area (Å²) >= 11 is 0. The van der Waals surface area contributed by atoms with Crippen molar-refractivity contribution in [3.8, 4) is 18.1 Å². The quantitative estimate of drug-likeness (QED) is 0.717. The van der Waals surface area contributed by atoms with E-state index in [2.05, 4.69) is 26.8 Å². The number of aromatic amines is 1. The van der Waals surface area contributed by atoms with Crippen LogP contribution >= 0.6 is 0 Å². The maximum atomic E-state index is 12.0. The molecule has 3 N–H and O–H groups in total. The van der Waals surface area contributed by atoms with Crippen LogP contribution in [0, 0.1) is 19.3 Å². The van der Waals surface area contributed by atoms with Crippen molar-refractivity contribution in [1.82, 2.24) is 15.5 Å². The fraction of sp³-hybridized carbons (Fsp3) is 0.294. The molecule has 6 nitrogen and oxygen atoms in total. The van der Waals surface area contributed by atoms with E-state index in [1.807, 2.05) is 19.9 Å². The largest absolute Gasteiger partial charge is 0.481 e. The fourth-order valence-electron chi connectivity index (χ4n) is 2.12. The first-order valence-corrected chi connectivity index (χ1v) is 7.31. The Bertz CT molecular complexity index is 703. The molecule has 6 heteroatoms. The van der Waals surface area contributed by atoms with Gasteiger partial charge in [0.05, 0.1) is 5.69 Å². The third kappa shape index (κ3) is 5.40. The van der Waals surface area contributed by atoms with Crippen LogP contribution < -0.4 is 15.4 Å². The number of ether oxygens (including phenoxy) is 1. The van der Waals surface area contributed by atoms with Gasteiger partial charge in [0, 0.05) is 29.9 Å². The van der Waals surface area contributed by atoms with Gasteiger partial charge in [-0.3, -0.25) is 5.10 Å². The zero-order valence-corrected chi connectivity index (χ0v) is 13.2. The number of anilines is 1. The van der Waals surface area contributed by atoms with Crippen LogP contribution in [0.2, 0.25) is 0 Å². The number of terminal acetylenes is 1. The number of rotatable bonds is 6. The number of H-pyrrole nitrogens is 1. The molecule has 0 aliphatic carbocycles. The summed E-state index contributed by atoms with van der Waals surface area (Å²) in [6, 6.07) is 8.71. The van der Waals surface area contributed by atoms with E-state index in [4.69, 9.17) is 11.2 Å². The highest BCUT2D eigenvalue weighted by atomic mass is 16.5. The number of nitrogens with zero attached hydrogens (tertiary/aromatic N) is 1. The minimum absolute atomic E-state index is 0.0430. The topological polar surface area (TPSA) is 79.0 Å². The molecule has 0 fully saturated rings. The third-order valence-corrected chi connectivity index (χ3v) is 3.07. The molecule has 1 unspecified atom stereocenters. The second kappa shape index (κ2) is 7.90. The third-order valence-electron chi connectivity index (χ3n) is 3.07. The second-order valence-electron chi connectivity index (χ2n) is 5.27. The normalized spacial score (nSPS) is 11.3. The van der Waals surface area contributed by atoms with Gasteiger partial charge in [-0.25, -0.2) is 4.79 Å². The molecular formula is C17H20N4O2. The number of aromatic nitrogens is 2. The lowest BCUT2D eigenvalue weighted by Gasteiger charge is -2.14. The van der Waals surface area contributed by atoms with E-state index in [1.54, 1.807) is 24.3 Å². The number of urea groups is 1. The Morgan fingerprint density at radius 1 is 1.48 bits per heavy atom. The molecule has 0 spiro atoms. The molecule has 2 rings (SSSR count). The number of carbonyl (C=O) groups is 1. The molecule has 1 aromatic carbocycles. The molecule has 0 saturated carbocycles. The van der Waals surface area contributed by atoms with Gasteiger partial charge in [-0.1, -0.05) is 12.0 Å². The molecule has 1 atom stereocenters. The molecule has 0 aliphatic rings. The summed E-state index contributed by atoms with van der Waals surface area (Å²) in [5.41, 5.74) is 2.56. The van der Waals surface area contributed by atoms with Gasteiger partial charge in [-0.2, -0.15) is 5.10 Å². The SMILES string of the molecule is C#CCOc1cccc(NC(=O)NC(C)Cc2cc(C)[nH]n2)c1. The molecule has 2 aromatic rings. The average Bonchev–Trinajstić information content (AvgIpc) is 2.90. The predicted molar refractivity (Wildman–Crippen MR) is 89.4 cm³/mol. The fourth-order valence-corrected chi connectivity index (χ4v) is 2.12. The van der Waals surface area contributed by atoms with Crippen molar-refractivity contribution in [3.63, 3.8) is 0 Å². The Hall–Kier alpha value is -2.94. The molecule has 1 heterocycles. The zero-order valence-electron chi connectivity index (χ0n) is 13.2. The first-order valence-electron chi connectivity index (χ1n) is 7.31. The van der Waals surface area contributed by atoms with Gasteiger partial charge in [-0.05, 0) is 32.0 Å². The van der Waals surface area contributed by atoms with Crippen LogP contribution in [0.15, 0.2) is 30.3 Å². The van der Waals surface area contributed by atoms with Crippen LogP contribution in [0.1, 0.15) is 18.3 Å². The Balaban J connectivity index is 1.85. The van der Waals surface area contributed by atoms with Crippen molar-refractivity contribution in [1.29, 1.82) is 0 Å². The van der Waals surface area contributed by atoms with E-state index in [-0.39, 0.29) is 18.7 Å². The summed E-state index contributed by atoms with van der Waals surface area (Å²) in [4.78, 5) is 12.0. The van der Waals surface area contributed by atoms with Gasteiger partial charge < -0.3 is 15.4 Å². The van der Waals surface area contributed by atoms with Crippen molar-refractivity contribution < 1.29 is 9.53 Å². The Labute approximate surface area is 135 Å². The molecule has 120 valence electrons. The maximum Gasteiger partial charge on any atom is 0.319 e. The first kappa shape index (κ1) is 16.4. The van der Waals surface area contributed by atoms with Gasteiger partial charge >= 0.3 is 6.03 Å². The monoisotopic (exact) mass is 312 g/mol. The predicted octanol–water partition coefficient (Wildman–Crippen LogP) is 2.48. The molecular weight excluding hydrogens is 292 g/mol. The summed E-state index contributed by atoms with van der Waals surface area (Å²) in [6.45, 7) is 4.06. The summed E-state index contributed by atoms with van der Waals surface area (Å²) in [6.07, 6.45) is 5.81. The second-order valence-corrected chi connectivity index (χ2v) is 5.27. The maximum absolute atomic E-state index is 12.0. The number of amides is 2. The van der Waals surface area contributed by atoms with Crippen LogP contribution in [-0.2, 0) is 6.42 Å². The van der Waals surface area contributed by atoms with Gasteiger partial charge in [-0.15, -0.1) is 6.42 Å². The van der Waals surface area contributed by atoms with Crippen molar-refractivity contribution >= 4 is 11.7 Å². The number of hydrogen-bond donors (Lipinski definition) is 3. The van der Waals surface area contributed by atoms with Crippen molar-refractivity contribution in [2.75, 3.05) is 11.9 Å². The molecule has 0 aliphatic heterocycles. The van der Waals surface area contributed by atoms with Crippen molar-refractivity contribution in [2.45, 2.75) is 26.3 Å². The standard InChI is InChI=1S/C17H20N4O2/c1-4-8-23-16-7-5-6-14(11-16)19-17(22)18-12(2)9-15-10-13(3)20-21-15/h1,5-7,10-12H,8-9H2,2-3H3,(H,20,21)(H2,18,19,22). The molecule has 1 aromatic heterocycles. The minimum Gasteiger partial charge on any atom is -0.481 e. The lowest BCUT2D eigenvalue weighted by molar-refractivity contribution is 0.249. The Kier molecular flexibility index (Phi) is 5.64. The number of hydrogen-bond acceptors (Lipinski definition) is 3. The highest BCUT2D eigenvalue weighted by Crippen LogP contribution is 2.17. The van der Waals surface area contributed by atoms with Crippen LogP contribution in [0.5, 0.6) is 5.75 Å². The highest BCUT2D eigenvalue weighted by molar-refractivity contribution is 5.89. The van der Waals surface area contributed by atoms with E-state index in [0.29, 0.717) is 17.9 Å². The smallest absolute Gasteiger partial charge is 0.319 e. The summed E-state index contributed by atoms with van der Waals surface area (Å²) in [5, 5.41) is 12.7. The van der Waals surface area contributed by atoms with E-state index in [9.17, 15) is 4.79 Å². The van der Waals surface area contributed by atoms with Gasteiger partial charge in [0.1, 0.15) is 12.4 Å². The van der Waals surface area contributed by atoms with Crippen LogP contribution in [0.3, 0.4) is 0 Å². The van der Waals surface area contributed by atoms with E-state index in [1.165, 1.54) is 0 Å². The van der Waals surface area contributed by atoms with E-state index < -0.39 is 0 Å². The zero-order chi connectivity index (χ0) is 16.7. The number of benzene rings is 1. The Morgan fingerprint density at radius 3 is 3.00 bits per heavy atom. The molecule has 0 bridgehead atoms. The van der Waals surface area contributed by atoms with Crippen LogP contribution in [0.25, 0.3) is 0 Å². The molecule has 0 radical (unpaired) electrons. The average molecular weight is 312 g/mol. The highest BCUT2D eigenvalue weighted by Gasteiger charge is 2.10. The lowest BCUT2D eigenvalue weighted by Crippen LogP contribution is -2.37. The minimum atomic E-state index is -0.279. The number of nitrogens with one attached hydrogen (secondary N) is 3. The van der Waals surface area contributed by atoms with E-state index in [0.717, 1.165) is 11.4 Å². The number of carbonyl (C=O) groups excluding carboxylic acids is 1. The van der Waals surface area contributed by atoms with Crippen molar-refractivity contribution in [3.05, 3.63) is 41.7 Å². The van der Waals surface area contributed by atoms with Crippen LogP contribution in [0.4, 0.5) is 10.5 Å². The van der Waals surface area contributed by atoms with Crippen molar-refractivity contribution in [2.24, 2.45) is 0 Å². The molecule has 0 saturated heterocycles. The lowest BCUT2D eigenvalue weighted by atomic mass is 10.2. The van der Waals surface area contributed by atoms with Gasteiger partial charge in [0.15, 0.2) is 0 Å². The van der Waals surface area contributed by atoms with Gasteiger partial charge in [0.2, 0.25) is 0 Å². The summed E-state index contributed by atoms with van der Waals surface area (Å²) in [7, 11) is 0. The summed E-state index contributed by atoms with van der Waals surface area (Å²) < 4.78 is 5.32. The first-order chi connectivity index (χ1) is 11.1. The van der Waals surface area contributed by atoms with E-state index >= 15 is 0 Å².